The maximum atomic E-state index is 9.25. The van der Waals surface area contributed by atoms with E-state index in [1.165, 1.54) is 44.5 Å². The lowest BCUT2D eigenvalue weighted by Gasteiger charge is -2.18. The Kier molecular flexibility index (Phi) is 7.79. The van der Waals surface area contributed by atoms with Crippen LogP contribution in [0.1, 0.15) is 70.6 Å². The maximum absolute atomic E-state index is 9.25. The minimum Gasteiger partial charge on any atom is -0.392 e. The van der Waals surface area contributed by atoms with Gasteiger partial charge in [-0.05, 0) is 77.6 Å². The van der Waals surface area contributed by atoms with Crippen LogP contribution < -0.4 is 0 Å². The van der Waals surface area contributed by atoms with Gasteiger partial charge >= 0.3 is 0 Å². The SMILES string of the molecule is C1=Cc2ccccc2C1.CC1(C)OC2Cc3ccccc3C2O1.OC1Cc2ccccc2C1.c1ccc2c(c1)CC1OC21. The monoisotopic (exact) mass is 572 g/mol. The molecule has 43 heavy (non-hydrogen) atoms. The Morgan fingerprint density at radius 1 is 0.581 bits per heavy atom. The predicted octanol–water partition coefficient (Wildman–Crippen LogP) is 7.52. The molecule has 1 N–H and O–H groups in total. The summed E-state index contributed by atoms with van der Waals surface area (Å²) >= 11 is 0. The van der Waals surface area contributed by atoms with Crippen LogP contribution in [0.4, 0.5) is 0 Å². The van der Waals surface area contributed by atoms with Gasteiger partial charge in [0.25, 0.3) is 0 Å². The molecule has 0 saturated carbocycles. The maximum Gasteiger partial charge on any atom is 0.164 e. The third kappa shape index (κ3) is 6.25. The summed E-state index contributed by atoms with van der Waals surface area (Å²) in [4.78, 5) is 0. The van der Waals surface area contributed by atoms with E-state index >= 15 is 0 Å². The molecule has 4 aromatic rings. The Hall–Kier alpha value is -3.54. The average molecular weight is 573 g/mol. The summed E-state index contributed by atoms with van der Waals surface area (Å²) in [7, 11) is 0. The van der Waals surface area contributed by atoms with Gasteiger partial charge in [-0.3, -0.25) is 0 Å². The zero-order chi connectivity index (χ0) is 29.4. The number of hydrogen-bond acceptors (Lipinski definition) is 4. The molecule has 4 aliphatic carbocycles. The number of epoxide rings is 1. The van der Waals surface area contributed by atoms with Crippen LogP contribution in [0, 0.1) is 0 Å². The molecule has 2 heterocycles. The van der Waals surface area contributed by atoms with Crippen molar-refractivity contribution in [2.75, 3.05) is 0 Å². The van der Waals surface area contributed by atoms with E-state index in [1.807, 2.05) is 26.0 Å². The second kappa shape index (κ2) is 11.9. The smallest absolute Gasteiger partial charge is 0.164 e. The highest BCUT2D eigenvalue weighted by Crippen LogP contribution is 2.48. The summed E-state index contributed by atoms with van der Waals surface area (Å²) in [6.45, 7) is 3.96. The summed E-state index contributed by atoms with van der Waals surface area (Å²) in [5.41, 5.74) is 11.1. The molecule has 220 valence electrons. The summed E-state index contributed by atoms with van der Waals surface area (Å²) in [6, 6.07) is 33.7. The quantitative estimate of drug-likeness (QED) is 0.222. The molecule has 2 aliphatic heterocycles. The molecule has 4 aromatic carbocycles. The Morgan fingerprint density at radius 2 is 1.12 bits per heavy atom. The highest BCUT2D eigenvalue weighted by atomic mass is 16.8. The number of rotatable bonds is 0. The molecule has 0 aromatic heterocycles. The molecular weight excluding hydrogens is 532 g/mol. The molecular formula is C39H40O4. The number of allylic oxidation sites excluding steroid dienone is 1. The van der Waals surface area contributed by atoms with Gasteiger partial charge in [0.1, 0.15) is 12.2 Å². The first-order chi connectivity index (χ1) is 20.9. The zero-order valence-electron chi connectivity index (χ0n) is 25.0. The van der Waals surface area contributed by atoms with Gasteiger partial charge in [0.2, 0.25) is 0 Å². The topological polar surface area (TPSA) is 51.2 Å². The van der Waals surface area contributed by atoms with Gasteiger partial charge in [-0.15, -0.1) is 0 Å². The molecule has 4 heteroatoms. The molecule has 10 rings (SSSR count). The van der Waals surface area contributed by atoms with E-state index in [1.54, 1.807) is 0 Å². The fourth-order valence-electron chi connectivity index (χ4n) is 6.98. The summed E-state index contributed by atoms with van der Waals surface area (Å²) in [5.74, 6) is -0.414. The molecule has 2 saturated heterocycles. The van der Waals surface area contributed by atoms with Gasteiger partial charge in [0.15, 0.2) is 5.79 Å². The molecule has 0 radical (unpaired) electrons. The van der Waals surface area contributed by atoms with Crippen LogP contribution in [0.3, 0.4) is 0 Å². The van der Waals surface area contributed by atoms with Crippen molar-refractivity contribution >= 4 is 6.08 Å². The lowest BCUT2D eigenvalue weighted by atomic mass is 10.1. The van der Waals surface area contributed by atoms with Crippen LogP contribution in [-0.4, -0.2) is 29.2 Å². The molecule has 2 fully saturated rings. The van der Waals surface area contributed by atoms with Crippen molar-refractivity contribution < 1.29 is 19.3 Å². The third-order valence-electron chi connectivity index (χ3n) is 9.05. The van der Waals surface area contributed by atoms with Crippen LogP contribution in [0.25, 0.3) is 6.08 Å². The van der Waals surface area contributed by atoms with E-state index in [0.717, 1.165) is 32.1 Å². The fraction of sp³-hybridized carbons (Fsp3) is 0.333. The number of fused-ring (bicyclic) bond motifs is 8. The Bertz CT molecular complexity index is 1600. The Morgan fingerprint density at radius 3 is 1.77 bits per heavy atom. The summed E-state index contributed by atoms with van der Waals surface area (Å²) in [6.07, 6.45) is 10.6. The van der Waals surface area contributed by atoms with Crippen LogP contribution in [-0.2, 0) is 46.3 Å². The highest BCUT2D eigenvalue weighted by Gasteiger charge is 2.47. The summed E-state index contributed by atoms with van der Waals surface area (Å²) < 4.78 is 17.1. The van der Waals surface area contributed by atoms with E-state index in [9.17, 15) is 5.11 Å². The molecule has 6 aliphatic rings. The number of benzene rings is 4. The van der Waals surface area contributed by atoms with Crippen molar-refractivity contribution in [3.8, 4) is 0 Å². The van der Waals surface area contributed by atoms with Crippen LogP contribution >= 0.6 is 0 Å². The van der Waals surface area contributed by atoms with E-state index in [-0.39, 0.29) is 18.3 Å². The van der Waals surface area contributed by atoms with Crippen molar-refractivity contribution in [1.82, 2.24) is 0 Å². The van der Waals surface area contributed by atoms with Crippen LogP contribution in [0.5, 0.6) is 0 Å². The third-order valence-corrected chi connectivity index (χ3v) is 9.05. The first-order valence-electron chi connectivity index (χ1n) is 15.6. The number of aliphatic hydroxyl groups is 1. The first-order valence-corrected chi connectivity index (χ1v) is 15.6. The lowest BCUT2D eigenvalue weighted by Crippen LogP contribution is -2.22. The van der Waals surface area contributed by atoms with Gasteiger partial charge < -0.3 is 19.3 Å². The van der Waals surface area contributed by atoms with Gasteiger partial charge in [0, 0.05) is 12.8 Å². The second-order valence-corrected chi connectivity index (χ2v) is 12.6. The number of hydrogen-bond donors (Lipinski definition) is 1. The molecule has 0 spiro atoms. The Labute approximate surface area is 255 Å². The standard InChI is InChI=1S/C12H14O2.C9H8O.C9H10O.C9H8/c1-12(2)13-10-7-8-5-3-4-6-9(8)11(10)14-12;1-2-4-7-6(3-1)5-8-9(7)10-8;10-9-5-7-3-1-2-4-8(7)6-9;1-2-5-9-7-3-6-8(9)4-1/h3-6,10-11H,7H2,1-2H3;1-4,8-9H,5H2;1-4,9-10H,5-6H2;1-6H,7H2. The largest absolute Gasteiger partial charge is 0.392 e. The number of ether oxygens (including phenoxy) is 3. The van der Waals surface area contributed by atoms with Crippen LogP contribution in [0.15, 0.2) is 103 Å². The van der Waals surface area contributed by atoms with Crippen molar-refractivity contribution in [1.29, 1.82) is 0 Å². The van der Waals surface area contributed by atoms with E-state index in [0.29, 0.717) is 12.2 Å². The fourth-order valence-corrected chi connectivity index (χ4v) is 6.98. The lowest BCUT2D eigenvalue weighted by molar-refractivity contribution is -0.148. The Balaban J connectivity index is 0.0000000945. The predicted molar refractivity (Wildman–Crippen MR) is 170 cm³/mol. The normalized spacial score (nSPS) is 25.3. The van der Waals surface area contributed by atoms with Gasteiger partial charge in [0.05, 0.1) is 18.3 Å². The van der Waals surface area contributed by atoms with Crippen molar-refractivity contribution in [3.63, 3.8) is 0 Å². The van der Waals surface area contributed by atoms with E-state index < -0.39 is 5.79 Å². The molecule has 0 bridgehead atoms. The van der Waals surface area contributed by atoms with Crippen molar-refractivity contribution in [2.45, 2.75) is 82.3 Å². The highest BCUT2D eigenvalue weighted by molar-refractivity contribution is 5.59. The van der Waals surface area contributed by atoms with Gasteiger partial charge in [-0.2, -0.15) is 0 Å². The second-order valence-electron chi connectivity index (χ2n) is 12.6. The van der Waals surface area contributed by atoms with Crippen LogP contribution in [0.2, 0.25) is 0 Å². The zero-order valence-corrected chi connectivity index (χ0v) is 25.0. The molecule has 0 amide bonds. The van der Waals surface area contributed by atoms with Crippen molar-refractivity contribution in [2.24, 2.45) is 0 Å². The molecule has 4 unspecified atom stereocenters. The minimum atomic E-state index is -0.414. The van der Waals surface area contributed by atoms with Gasteiger partial charge in [-0.1, -0.05) is 109 Å². The number of aliphatic hydroxyl groups excluding tert-OH is 1. The average Bonchev–Trinajstić information content (AvgIpc) is 3.46. The first kappa shape index (κ1) is 28.2. The van der Waals surface area contributed by atoms with Crippen molar-refractivity contribution in [3.05, 3.63) is 148 Å². The minimum absolute atomic E-state index is 0.127. The molecule has 4 atom stereocenters. The van der Waals surface area contributed by atoms with Gasteiger partial charge in [-0.25, -0.2) is 0 Å². The van der Waals surface area contributed by atoms with E-state index in [4.69, 9.17) is 14.2 Å². The molecule has 4 nitrogen and oxygen atoms in total. The van der Waals surface area contributed by atoms with E-state index in [2.05, 4.69) is 97.1 Å². The summed E-state index contributed by atoms with van der Waals surface area (Å²) in [5, 5.41) is 9.25.